The molecule has 0 saturated heterocycles. The van der Waals surface area contributed by atoms with Crippen LogP contribution in [0.4, 0.5) is 0 Å². The van der Waals surface area contributed by atoms with Gasteiger partial charge in [-0.1, -0.05) is 109 Å². The van der Waals surface area contributed by atoms with E-state index in [1.165, 1.54) is 104 Å². The average Bonchev–Trinajstić information content (AvgIpc) is 3.93. The van der Waals surface area contributed by atoms with Crippen LogP contribution in [0.1, 0.15) is 0 Å². The number of fused-ring (bicyclic) bond motifs is 16. The summed E-state index contributed by atoms with van der Waals surface area (Å²) in [5.74, 6) is 1.84. The maximum Gasteiger partial charge on any atom is 0.256 e. The molecule has 5 heteroatoms. The van der Waals surface area contributed by atoms with Crippen LogP contribution in [0.25, 0.3) is 93.1 Å². The lowest BCUT2D eigenvalue weighted by Gasteiger charge is -2.33. The first-order valence-electron chi connectivity index (χ1n) is 18.4. The van der Waals surface area contributed by atoms with Crippen LogP contribution in [0.5, 0.6) is 11.5 Å². The number of nitrogens with zero attached hydrogens (tertiary/aromatic N) is 3. The SMILES string of the molecule is c1ccc2c(c1)Oc1cc(-n3c4ccccc4c4ccccc43)cc3c1B2c1cccc2c4cc5c6cccc7c8ccccc8n(c5cc4n-3c12)c76. The number of aromatic nitrogens is 3. The maximum atomic E-state index is 6.95. The van der Waals surface area contributed by atoms with Gasteiger partial charge in [0.1, 0.15) is 11.5 Å². The highest BCUT2D eigenvalue weighted by molar-refractivity contribution is 6.99. The van der Waals surface area contributed by atoms with Gasteiger partial charge in [0.2, 0.25) is 0 Å². The van der Waals surface area contributed by atoms with Gasteiger partial charge in [-0.25, -0.2) is 0 Å². The standard InChI is InChI=1S/C48H26BN3O/c1-5-19-38-28(11-1)29-12-2-6-20-39(29)50(38)27-23-43-46-45(24-27)53-44-22-8-4-17-36(44)49(46)37-18-10-16-33-35-25-34-32-15-9-14-31-30-13-3-7-21-40(30)51(47(31)32)41(34)26-42(35)52(43)48(33)37/h1-26H. The number of hydrogen-bond acceptors (Lipinski definition) is 1. The van der Waals surface area contributed by atoms with Gasteiger partial charge in [0.25, 0.3) is 6.71 Å². The van der Waals surface area contributed by atoms with Crippen LogP contribution >= 0.6 is 0 Å². The van der Waals surface area contributed by atoms with Gasteiger partial charge in [-0.05, 0) is 58.9 Å². The number of ether oxygens (including phenoxy) is 1. The number of benzene rings is 8. The molecule has 2 aliphatic heterocycles. The molecule has 0 radical (unpaired) electrons. The number of rotatable bonds is 1. The third-order valence-electron chi connectivity index (χ3n) is 12.4. The molecule has 4 aromatic heterocycles. The van der Waals surface area contributed by atoms with Crippen molar-refractivity contribution in [3.05, 3.63) is 158 Å². The predicted octanol–water partition coefficient (Wildman–Crippen LogP) is 9.97. The molecule has 0 fully saturated rings. The van der Waals surface area contributed by atoms with E-state index >= 15 is 0 Å². The maximum absolute atomic E-state index is 6.95. The summed E-state index contributed by atoms with van der Waals surface area (Å²) in [4.78, 5) is 0. The Kier molecular flexibility index (Phi) is 4.59. The van der Waals surface area contributed by atoms with E-state index in [9.17, 15) is 0 Å². The van der Waals surface area contributed by atoms with Crippen LogP contribution in [0.2, 0.25) is 0 Å². The van der Waals surface area contributed by atoms with E-state index in [-0.39, 0.29) is 6.71 Å². The van der Waals surface area contributed by atoms with Gasteiger partial charge < -0.3 is 18.3 Å². The summed E-state index contributed by atoms with van der Waals surface area (Å²) in [6, 6.07) is 58.2. The zero-order valence-corrected chi connectivity index (χ0v) is 28.3. The smallest absolute Gasteiger partial charge is 0.256 e. The molecule has 0 saturated carbocycles. The number of para-hydroxylation sites is 6. The van der Waals surface area contributed by atoms with Gasteiger partial charge in [0.15, 0.2) is 0 Å². The monoisotopic (exact) mass is 671 g/mol. The zero-order valence-electron chi connectivity index (χ0n) is 28.3. The van der Waals surface area contributed by atoms with Crippen molar-refractivity contribution in [3.63, 3.8) is 0 Å². The van der Waals surface area contributed by atoms with Gasteiger partial charge in [0.05, 0.1) is 38.8 Å². The Bertz CT molecular complexity index is 3570. The summed E-state index contributed by atoms with van der Waals surface area (Å²) in [5, 5.41) is 10.3. The molecule has 0 spiro atoms. The minimum atomic E-state index is 0.0539. The van der Waals surface area contributed by atoms with Crippen LogP contribution < -0.4 is 21.1 Å². The van der Waals surface area contributed by atoms with Crippen molar-refractivity contribution in [3.8, 4) is 22.9 Å². The van der Waals surface area contributed by atoms with E-state index in [4.69, 9.17) is 4.74 Å². The predicted molar refractivity (Wildman–Crippen MR) is 221 cm³/mol. The van der Waals surface area contributed by atoms with E-state index in [2.05, 4.69) is 171 Å². The van der Waals surface area contributed by atoms with Crippen molar-refractivity contribution in [2.45, 2.75) is 0 Å². The minimum absolute atomic E-state index is 0.0539. The third kappa shape index (κ3) is 3.06. The molecular formula is C48H26BN3O. The number of hydrogen-bond donors (Lipinski definition) is 0. The molecule has 53 heavy (non-hydrogen) atoms. The van der Waals surface area contributed by atoms with Crippen molar-refractivity contribution < 1.29 is 4.74 Å². The van der Waals surface area contributed by atoms with Crippen molar-refractivity contribution in [1.82, 2.24) is 13.5 Å². The van der Waals surface area contributed by atoms with E-state index in [1.807, 2.05) is 0 Å². The summed E-state index contributed by atoms with van der Waals surface area (Å²) in [6.45, 7) is 0.0539. The molecule has 0 atom stereocenters. The van der Waals surface area contributed by atoms with Crippen molar-refractivity contribution >= 4 is 105 Å². The first-order valence-corrected chi connectivity index (χ1v) is 18.4. The first-order chi connectivity index (χ1) is 26.3. The van der Waals surface area contributed by atoms with E-state index in [0.717, 1.165) is 17.2 Å². The minimum Gasteiger partial charge on any atom is -0.458 e. The molecule has 8 aromatic carbocycles. The highest BCUT2D eigenvalue weighted by atomic mass is 16.5. The van der Waals surface area contributed by atoms with Crippen molar-refractivity contribution in [2.24, 2.45) is 0 Å². The molecule has 6 heterocycles. The molecule has 2 aliphatic rings. The average molecular weight is 672 g/mol. The molecule has 0 bridgehead atoms. The Morgan fingerprint density at radius 3 is 1.75 bits per heavy atom. The quantitative estimate of drug-likeness (QED) is 0.159. The van der Waals surface area contributed by atoms with Crippen molar-refractivity contribution in [2.75, 3.05) is 0 Å². The second-order valence-corrected chi connectivity index (χ2v) is 14.8. The highest BCUT2D eigenvalue weighted by Crippen LogP contribution is 2.44. The zero-order chi connectivity index (χ0) is 34.1. The molecule has 12 aromatic rings. The second kappa shape index (κ2) is 9.08. The topological polar surface area (TPSA) is 23.5 Å². The molecular weight excluding hydrogens is 645 g/mol. The lowest BCUT2D eigenvalue weighted by atomic mass is 9.34. The summed E-state index contributed by atoms with van der Waals surface area (Å²) in [5.41, 5.74) is 14.7. The van der Waals surface area contributed by atoms with E-state index in [0.29, 0.717) is 0 Å². The van der Waals surface area contributed by atoms with Crippen molar-refractivity contribution in [1.29, 1.82) is 0 Å². The van der Waals surface area contributed by atoms with Gasteiger partial charge in [-0.15, -0.1) is 0 Å². The Morgan fingerprint density at radius 2 is 0.962 bits per heavy atom. The van der Waals surface area contributed by atoms with E-state index < -0.39 is 0 Å². The van der Waals surface area contributed by atoms with E-state index in [1.54, 1.807) is 0 Å². The fourth-order valence-electron chi connectivity index (χ4n) is 10.4. The van der Waals surface area contributed by atoms with Crippen LogP contribution in [-0.2, 0) is 0 Å². The summed E-state index contributed by atoms with van der Waals surface area (Å²) < 4.78 is 14.4. The molecule has 14 rings (SSSR count). The van der Waals surface area contributed by atoms with Gasteiger partial charge in [0, 0.05) is 60.4 Å². The van der Waals surface area contributed by atoms with Crippen LogP contribution in [0.15, 0.2) is 158 Å². The molecule has 0 unspecified atom stereocenters. The van der Waals surface area contributed by atoms with Crippen LogP contribution in [0.3, 0.4) is 0 Å². The summed E-state index contributed by atoms with van der Waals surface area (Å²) in [6.07, 6.45) is 0. The molecule has 0 aliphatic carbocycles. The summed E-state index contributed by atoms with van der Waals surface area (Å²) >= 11 is 0. The molecule has 4 nitrogen and oxygen atoms in total. The Balaban J connectivity index is 1.18. The summed E-state index contributed by atoms with van der Waals surface area (Å²) in [7, 11) is 0. The molecule has 0 N–H and O–H groups in total. The largest absolute Gasteiger partial charge is 0.458 e. The second-order valence-electron chi connectivity index (χ2n) is 14.8. The Hall–Kier alpha value is -6.98. The van der Waals surface area contributed by atoms with Crippen LogP contribution in [-0.4, -0.2) is 20.2 Å². The van der Waals surface area contributed by atoms with Crippen LogP contribution in [0, 0.1) is 0 Å². The fraction of sp³-hybridized carbons (Fsp3) is 0. The molecule has 242 valence electrons. The lowest BCUT2D eigenvalue weighted by molar-refractivity contribution is 0.487. The highest BCUT2D eigenvalue weighted by Gasteiger charge is 2.41. The normalized spacial score (nSPS) is 13.4. The Morgan fingerprint density at radius 1 is 0.377 bits per heavy atom. The molecule has 0 amide bonds. The first kappa shape index (κ1) is 26.8. The van der Waals surface area contributed by atoms with Gasteiger partial charge in [-0.3, -0.25) is 0 Å². The van der Waals surface area contributed by atoms with Gasteiger partial charge in [-0.2, -0.15) is 0 Å². The Labute approximate surface area is 302 Å². The lowest BCUT2D eigenvalue weighted by Crippen LogP contribution is -2.58. The fourth-order valence-corrected chi connectivity index (χ4v) is 10.4. The van der Waals surface area contributed by atoms with Gasteiger partial charge >= 0.3 is 0 Å². The third-order valence-corrected chi connectivity index (χ3v) is 12.4.